The fourth-order valence-electron chi connectivity index (χ4n) is 1.84. The van der Waals surface area contributed by atoms with Gasteiger partial charge in [-0.05, 0) is 42.5 Å². The number of anilines is 1. The maximum Gasteiger partial charge on any atom is 0.416 e. The van der Waals surface area contributed by atoms with E-state index in [-0.39, 0.29) is 24.5 Å². The van der Waals surface area contributed by atoms with Gasteiger partial charge in [0.1, 0.15) is 12.4 Å². The van der Waals surface area contributed by atoms with Gasteiger partial charge in [-0.25, -0.2) is 0 Å². The van der Waals surface area contributed by atoms with Gasteiger partial charge in [0, 0.05) is 11.3 Å². The zero-order chi connectivity index (χ0) is 16.9. The molecule has 23 heavy (non-hydrogen) atoms. The maximum absolute atomic E-state index is 12.6. The second kappa shape index (κ2) is 7.15. The molecule has 0 spiro atoms. The number of amides is 1. The van der Waals surface area contributed by atoms with Crippen molar-refractivity contribution >= 4 is 11.6 Å². The van der Waals surface area contributed by atoms with Gasteiger partial charge in [0.25, 0.3) is 5.91 Å². The summed E-state index contributed by atoms with van der Waals surface area (Å²) in [6.07, 6.45) is -4.47. The monoisotopic (exact) mass is 325 g/mol. The number of ether oxygens (including phenoxy) is 1. The Bertz CT molecular complexity index is 669. The second-order valence-electron chi connectivity index (χ2n) is 4.63. The van der Waals surface area contributed by atoms with Crippen LogP contribution in [-0.4, -0.2) is 24.2 Å². The highest BCUT2D eigenvalue weighted by Crippen LogP contribution is 2.30. The molecule has 0 heterocycles. The Morgan fingerprint density at radius 1 is 1.13 bits per heavy atom. The Hall–Kier alpha value is -2.54. The molecule has 0 aliphatic rings. The summed E-state index contributed by atoms with van der Waals surface area (Å²) in [6, 6.07) is 10.5. The van der Waals surface area contributed by atoms with E-state index in [0.29, 0.717) is 5.75 Å². The van der Waals surface area contributed by atoms with E-state index in [0.717, 1.165) is 12.1 Å². The van der Waals surface area contributed by atoms with Crippen LogP contribution in [0, 0.1) is 0 Å². The molecule has 2 aromatic rings. The third-order valence-electron chi connectivity index (χ3n) is 2.92. The van der Waals surface area contributed by atoms with Crippen LogP contribution >= 0.6 is 0 Å². The third kappa shape index (κ3) is 4.72. The Morgan fingerprint density at radius 2 is 1.83 bits per heavy atom. The highest BCUT2D eigenvalue weighted by atomic mass is 19.4. The van der Waals surface area contributed by atoms with E-state index in [4.69, 9.17) is 9.84 Å². The third-order valence-corrected chi connectivity index (χ3v) is 2.92. The van der Waals surface area contributed by atoms with Crippen molar-refractivity contribution < 1.29 is 27.8 Å². The molecule has 2 rings (SSSR count). The molecule has 0 aromatic heterocycles. The van der Waals surface area contributed by atoms with Crippen LogP contribution in [0.4, 0.5) is 18.9 Å². The number of hydrogen-bond acceptors (Lipinski definition) is 3. The number of benzene rings is 2. The number of aliphatic hydroxyl groups is 1. The van der Waals surface area contributed by atoms with Crippen LogP contribution in [0.5, 0.6) is 5.75 Å². The molecule has 0 atom stereocenters. The lowest BCUT2D eigenvalue weighted by Crippen LogP contribution is -2.13. The molecule has 122 valence electrons. The van der Waals surface area contributed by atoms with Crippen LogP contribution in [0.1, 0.15) is 15.9 Å². The molecule has 0 saturated carbocycles. The summed E-state index contributed by atoms with van der Waals surface area (Å²) in [6.45, 7) is 0.00750. The molecule has 0 saturated heterocycles. The van der Waals surface area contributed by atoms with E-state index >= 15 is 0 Å². The van der Waals surface area contributed by atoms with Crippen LogP contribution < -0.4 is 10.1 Å². The minimum absolute atomic E-state index is 0.0606. The topological polar surface area (TPSA) is 58.6 Å². The number of rotatable bonds is 5. The fourth-order valence-corrected chi connectivity index (χ4v) is 1.84. The normalized spacial score (nSPS) is 11.1. The Labute approximate surface area is 130 Å². The predicted molar refractivity (Wildman–Crippen MR) is 78.4 cm³/mol. The molecular formula is C16H14F3NO3. The Morgan fingerprint density at radius 3 is 2.43 bits per heavy atom. The average molecular weight is 325 g/mol. The average Bonchev–Trinajstić information content (AvgIpc) is 2.53. The molecule has 7 heteroatoms. The number of halogens is 3. The second-order valence-corrected chi connectivity index (χ2v) is 4.63. The summed E-state index contributed by atoms with van der Waals surface area (Å²) in [7, 11) is 0. The summed E-state index contributed by atoms with van der Waals surface area (Å²) in [4.78, 5) is 12.0. The summed E-state index contributed by atoms with van der Waals surface area (Å²) < 4.78 is 43.0. The Kier molecular flexibility index (Phi) is 5.23. The van der Waals surface area contributed by atoms with Gasteiger partial charge in [-0.3, -0.25) is 4.79 Å². The molecule has 0 unspecified atom stereocenters. The van der Waals surface area contributed by atoms with Gasteiger partial charge < -0.3 is 15.2 Å². The van der Waals surface area contributed by atoms with Crippen molar-refractivity contribution in [2.24, 2.45) is 0 Å². The van der Waals surface area contributed by atoms with Crippen molar-refractivity contribution in [1.82, 2.24) is 0 Å². The largest absolute Gasteiger partial charge is 0.491 e. The maximum atomic E-state index is 12.6. The van der Waals surface area contributed by atoms with E-state index in [9.17, 15) is 18.0 Å². The lowest BCUT2D eigenvalue weighted by molar-refractivity contribution is -0.137. The molecule has 4 nitrogen and oxygen atoms in total. The van der Waals surface area contributed by atoms with Crippen molar-refractivity contribution in [3.63, 3.8) is 0 Å². The summed E-state index contributed by atoms with van der Waals surface area (Å²) in [5, 5.41) is 11.1. The van der Waals surface area contributed by atoms with Gasteiger partial charge in [0.2, 0.25) is 0 Å². The molecule has 0 aliphatic heterocycles. The number of carbonyl (C=O) groups is 1. The minimum Gasteiger partial charge on any atom is -0.491 e. The first-order valence-corrected chi connectivity index (χ1v) is 6.72. The van der Waals surface area contributed by atoms with Crippen molar-refractivity contribution in [3.05, 3.63) is 59.7 Å². The number of hydrogen-bond donors (Lipinski definition) is 2. The Balaban J connectivity index is 2.07. The highest BCUT2D eigenvalue weighted by molar-refractivity contribution is 6.04. The number of nitrogens with one attached hydrogen (secondary N) is 1. The van der Waals surface area contributed by atoms with E-state index in [1.54, 1.807) is 0 Å². The summed E-state index contributed by atoms with van der Waals surface area (Å²) in [5.74, 6) is -0.0484. The van der Waals surface area contributed by atoms with Crippen molar-refractivity contribution in [2.75, 3.05) is 18.5 Å². The minimum atomic E-state index is -4.47. The van der Waals surface area contributed by atoms with E-state index in [2.05, 4.69) is 5.32 Å². The molecule has 0 fully saturated rings. The standard InChI is InChI=1S/C16H14F3NO3/c17-16(18,19)12-2-1-3-13(10-12)20-15(22)11-4-6-14(7-5-11)23-9-8-21/h1-7,10,21H,8-9H2,(H,20,22). The van der Waals surface area contributed by atoms with Crippen LogP contribution in [-0.2, 0) is 6.18 Å². The molecule has 0 bridgehead atoms. The molecule has 0 radical (unpaired) electrons. The lowest BCUT2D eigenvalue weighted by atomic mass is 10.1. The first-order valence-electron chi connectivity index (χ1n) is 6.72. The van der Waals surface area contributed by atoms with Gasteiger partial charge in [0.15, 0.2) is 0 Å². The van der Waals surface area contributed by atoms with Gasteiger partial charge in [-0.1, -0.05) is 6.07 Å². The van der Waals surface area contributed by atoms with Crippen molar-refractivity contribution in [1.29, 1.82) is 0 Å². The van der Waals surface area contributed by atoms with Crippen molar-refractivity contribution in [3.8, 4) is 5.75 Å². The fraction of sp³-hybridized carbons (Fsp3) is 0.188. The zero-order valence-corrected chi connectivity index (χ0v) is 11.9. The molecule has 2 aromatic carbocycles. The quantitative estimate of drug-likeness (QED) is 0.886. The smallest absolute Gasteiger partial charge is 0.416 e. The first-order chi connectivity index (χ1) is 10.9. The van der Waals surface area contributed by atoms with Gasteiger partial charge in [-0.15, -0.1) is 0 Å². The van der Waals surface area contributed by atoms with Gasteiger partial charge >= 0.3 is 6.18 Å². The molecule has 0 aliphatic carbocycles. The number of carbonyl (C=O) groups excluding carboxylic acids is 1. The van der Waals surface area contributed by atoms with E-state index < -0.39 is 17.6 Å². The van der Waals surface area contributed by atoms with Crippen LogP contribution in [0.15, 0.2) is 48.5 Å². The van der Waals surface area contributed by atoms with E-state index in [1.165, 1.54) is 36.4 Å². The van der Waals surface area contributed by atoms with Crippen LogP contribution in [0.2, 0.25) is 0 Å². The van der Waals surface area contributed by atoms with E-state index in [1.807, 2.05) is 0 Å². The zero-order valence-electron chi connectivity index (χ0n) is 11.9. The number of aliphatic hydroxyl groups excluding tert-OH is 1. The van der Waals surface area contributed by atoms with Gasteiger partial charge in [-0.2, -0.15) is 13.2 Å². The van der Waals surface area contributed by atoms with Crippen molar-refractivity contribution in [2.45, 2.75) is 6.18 Å². The van der Waals surface area contributed by atoms with Crippen LogP contribution in [0.25, 0.3) is 0 Å². The van der Waals surface area contributed by atoms with Crippen LogP contribution in [0.3, 0.4) is 0 Å². The lowest BCUT2D eigenvalue weighted by Gasteiger charge is -2.10. The summed E-state index contributed by atoms with van der Waals surface area (Å²) in [5.41, 5.74) is -0.493. The molecule has 1 amide bonds. The SMILES string of the molecule is O=C(Nc1cccc(C(F)(F)F)c1)c1ccc(OCCO)cc1. The predicted octanol–water partition coefficient (Wildman–Crippen LogP) is 3.33. The molecular weight excluding hydrogens is 311 g/mol. The highest BCUT2D eigenvalue weighted by Gasteiger charge is 2.30. The number of alkyl halides is 3. The first kappa shape index (κ1) is 16.8. The summed E-state index contributed by atoms with van der Waals surface area (Å²) >= 11 is 0. The van der Waals surface area contributed by atoms with Gasteiger partial charge in [0.05, 0.1) is 12.2 Å². The molecule has 2 N–H and O–H groups in total.